The third kappa shape index (κ3) is 6.79. The van der Waals surface area contributed by atoms with Crippen molar-refractivity contribution in [3.05, 3.63) is 40.3 Å². The molecule has 2 heteroatoms. The van der Waals surface area contributed by atoms with Gasteiger partial charge in [-0.2, -0.15) is 0 Å². The van der Waals surface area contributed by atoms with Gasteiger partial charge in [0, 0.05) is 0 Å². The second-order valence-electron chi connectivity index (χ2n) is 11.1. The van der Waals surface area contributed by atoms with E-state index in [0.29, 0.717) is 15.0 Å². The minimum absolute atomic E-state index is 0.519. The fraction of sp³-hybridized carbons (Fsp3) is 0.733. The van der Waals surface area contributed by atoms with Gasteiger partial charge in [-0.15, -0.1) is 0 Å². The molecule has 3 fully saturated rings. The second-order valence-corrected chi connectivity index (χ2v) is 13.5. The van der Waals surface area contributed by atoms with E-state index in [0.717, 1.165) is 24.3 Å². The molecule has 3 saturated carbocycles. The Morgan fingerprint density at radius 2 is 1.28 bits per heavy atom. The van der Waals surface area contributed by atoms with E-state index in [9.17, 15) is 0 Å². The quantitative estimate of drug-likeness (QED) is 0.299. The van der Waals surface area contributed by atoms with Crippen LogP contribution in [0.2, 0.25) is 11.6 Å². The molecule has 4 rings (SSSR count). The van der Waals surface area contributed by atoms with Crippen molar-refractivity contribution in [2.24, 2.45) is 5.92 Å². The maximum atomic E-state index is 2.42. The Bertz CT molecular complexity index is 660. The van der Waals surface area contributed by atoms with Crippen molar-refractivity contribution in [2.45, 2.75) is 134 Å². The van der Waals surface area contributed by atoms with Crippen molar-refractivity contribution in [1.29, 1.82) is 0 Å². The Balaban J connectivity index is 1.75. The van der Waals surface area contributed by atoms with Gasteiger partial charge in [-0.05, 0) is 0 Å². The average molecular weight is 497 g/mol. The van der Waals surface area contributed by atoms with Crippen LogP contribution < -0.4 is 4.46 Å². The normalized spacial score (nSPS) is 22.5. The van der Waals surface area contributed by atoms with Crippen molar-refractivity contribution >= 4 is 26.1 Å². The molecular formula is C30H47BSe. The van der Waals surface area contributed by atoms with Crippen LogP contribution in [-0.2, 0) is 0 Å². The number of rotatable bonds is 9. The summed E-state index contributed by atoms with van der Waals surface area (Å²) in [7, 11) is 0. The fourth-order valence-electron chi connectivity index (χ4n) is 7.20. The van der Waals surface area contributed by atoms with Crippen molar-refractivity contribution in [2.75, 3.05) is 0 Å². The standard InChI is InChI=1S/C30H47BSe/c1-2-3-24-29(32-28-22-14-7-15-23-28)30(25-16-8-4-9-17-25)31(26-18-10-5-11-19-26)27-20-12-6-13-21-27/h7,14-15,22-23,25-27H,2-6,8-13,16-21,24H2,1H3/b30-29-. The van der Waals surface area contributed by atoms with Crippen LogP contribution in [0.4, 0.5) is 0 Å². The van der Waals surface area contributed by atoms with Gasteiger partial charge < -0.3 is 0 Å². The average Bonchev–Trinajstić information content (AvgIpc) is 2.87. The molecule has 1 aromatic carbocycles. The van der Waals surface area contributed by atoms with E-state index in [4.69, 9.17) is 0 Å². The van der Waals surface area contributed by atoms with E-state index in [1.165, 1.54) is 116 Å². The third-order valence-corrected chi connectivity index (χ3v) is 11.3. The second kappa shape index (κ2) is 13.4. The molecule has 0 unspecified atom stereocenters. The first kappa shape index (κ1) is 24.7. The molecular weight excluding hydrogens is 450 g/mol. The summed E-state index contributed by atoms with van der Waals surface area (Å²) < 4.78 is 3.57. The number of hydrogen-bond acceptors (Lipinski definition) is 0. The predicted molar refractivity (Wildman–Crippen MR) is 144 cm³/mol. The van der Waals surface area contributed by atoms with Crippen LogP contribution >= 0.6 is 0 Å². The molecule has 3 aliphatic rings. The molecule has 32 heavy (non-hydrogen) atoms. The van der Waals surface area contributed by atoms with E-state index < -0.39 is 0 Å². The zero-order valence-electron chi connectivity index (χ0n) is 20.8. The summed E-state index contributed by atoms with van der Waals surface area (Å²) in [4.78, 5) is 0. The van der Waals surface area contributed by atoms with Crippen LogP contribution in [-0.4, -0.2) is 21.7 Å². The molecule has 0 N–H and O–H groups in total. The third-order valence-electron chi connectivity index (χ3n) is 8.78. The summed E-state index contributed by atoms with van der Waals surface area (Å²) >= 11 is 0.519. The van der Waals surface area contributed by atoms with Crippen molar-refractivity contribution < 1.29 is 0 Å². The van der Waals surface area contributed by atoms with Crippen LogP contribution in [0.15, 0.2) is 40.3 Å². The van der Waals surface area contributed by atoms with Gasteiger partial charge in [-0.3, -0.25) is 0 Å². The van der Waals surface area contributed by atoms with Gasteiger partial charge >= 0.3 is 206 Å². The molecule has 0 spiro atoms. The Kier molecular flexibility index (Phi) is 10.4. The van der Waals surface area contributed by atoms with Crippen LogP contribution in [0, 0.1) is 5.92 Å². The first-order valence-corrected chi connectivity index (χ1v) is 16.0. The van der Waals surface area contributed by atoms with E-state index in [2.05, 4.69) is 42.7 Å². The molecule has 0 radical (unpaired) electrons. The van der Waals surface area contributed by atoms with Gasteiger partial charge in [0.05, 0.1) is 0 Å². The van der Waals surface area contributed by atoms with Crippen molar-refractivity contribution in [3.8, 4) is 0 Å². The van der Waals surface area contributed by atoms with Gasteiger partial charge in [0.25, 0.3) is 0 Å². The van der Waals surface area contributed by atoms with Crippen LogP contribution in [0.1, 0.15) is 122 Å². The van der Waals surface area contributed by atoms with E-state index in [1.54, 1.807) is 4.46 Å². The predicted octanol–water partition coefficient (Wildman–Crippen LogP) is 8.74. The summed E-state index contributed by atoms with van der Waals surface area (Å²) in [6, 6.07) is 11.6. The molecule has 3 aliphatic carbocycles. The van der Waals surface area contributed by atoms with E-state index >= 15 is 0 Å². The maximum absolute atomic E-state index is 2.42. The number of hydrogen-bond donors (Lipinski definition) is 0. The van der Waals surface area contributed by atoms with Crippen LogP contribution in [0.5, 0.6) is 0 Å². The molecule has 0 atom stereocenters. The zero-order chi connectivity index (χ0) is 22.0. The molecule has 0 amide bonds. The van der Waals surface area contributed by atoms with E-state index in [-0.39, 0.29) is 0 Å². The first-order chi connectivity index (χ1) is 15.9. The fourth-order valence-corrected chi connectivity index (χ4v) is 9.81. The zero-order valence-corrected chi connectivity index (χ0v) is 22.5. The Morgan fingerprint density at radius 1 is 0.750 bits per heavy atom. The molecule has 0 aromatic heterocycles. The molecule has 0 heterocycles. The van der Waals surface area contributed by atoms with Gasteiger partial charge in [0.15, 0.2) is 0 Å². The number of benzene rings is 1. The summed E-state index contributed by atoms with van der Waals surface area (Å²) in [5, 5.41) is 0. The Morgan fingerprint density at radius 3 is 1.81 bits per heavy atom. The molecule has 0 bridgehead atoms. The topological polar surface area (TPSA) is 0 Å². The Labute approximate surface area is 206 Å². The van der Waals surface area contributed by atoms with Gasteiger partial charge in [0.1, 0.15) is 0 Å². The molecule has 176 valence electrons. The van der Waals surface area contributed by atoms with Gasteiger partial charge in [0.2, 0.25) is 0 Å². The van der Waals surface area contributed by atoms with Crippen molar-refractivity contribution in [3.63, 3.8) is 0 Å². The molecule has 0 saturated heterocycles. The summed E-state index contributed by atoms with van der Waals surface area (Å²) in [6.07, 6.45) is 26.6. The van der Waals surface area contributed by atoms with Gasteiger partial charge in [-0.1, -0.05) is 0 Å². The van der Waals surface area contributed by atoms with Crippen molar-refractivity contribution in [1.82, 2.24) is 0 Å². The SMILES string of the molecule is CCCC/C([Se]c1ccccc1)=C(/B(C1CCCCC1)C1CCCCC1)C1CCCCC1. The molecule has 1 aromatic rings. The number of unbranched alkanes of at least 4 members (excludes halogenated alkanes) is 1. The van der Waals surface area contributed by atoms with Gasteiger partial charge in [-0.25, -0.2) is 0 Å². The summed E-state index contributed by atoms with van der Waals surface area (Å²) in [5.41, 5.74) is 2.07. The minimum atomic E-state index is 0.519. The summed E-state index contributed by atoms with van der Waals surface area (Å²) in [5.74, 6) is 2.90. The number of allylic oxidation sites excluding steroid dienone is 2. The molecule has 0 nitrogen and oxygen atoms in total. The van der Waals surface area contributed by atoms with Crippen LogP contribution in [0.3, 0.4) is 0 Å². The van der Waals surface area contributed by atoms with Crippen LogP contribution in [0.25, 0.3) is 0 Å². The Hall–Kier alpha value is -0.456. The summed E-state index contributed by atoms with van der Waals surface area (Å²) in [6.45, 7) is 3.32. The van der Waals surface area contributed by atoms with E-state index in [1.807, 2.05) is 4.47 Å². The first-order valence-electron chi connectivity index (χ1n) is 14.3. The monoisotopic (exact) mass is 498 g/mol. The molecule has 0 aliphatic heterocycles.